The zero-order chi connectivity index (χ0) is 15.8. The smallest absolute Gasteiger partial charge is 0.407 e. The number of nitrogens with two attached hydrogens (primary N) is 1. The minimum absolute atomic E-state index is 0.161. The lowest BCUT2D eigenvalue weighted by Gasteiger charge is -2.18. The first-order valence-electron chi connectivity index (χ1n) is 7.12. The number of hydrogen-bond donors (Lipinski definition) is 2. The summed E-state index contributed by atoms with van der Waals surface area (Å²) in [4.78, 5) is 12.0. The third-order valence-electron chi connectivity index (χ3n) is 3.21. The molecule has 2 aromatic rings. The Morgan fingerprint density at radius 3 is 2.64 bits per heavy atom. The largest absolute Gasteiger partial charge is 0.445 e. The first kappa shape index (κ1) is 16.5. The lowest BCUT2D eigenvalue weighted by atomic mass is 10.0. The number of rotatable bonds is 6. The molecule has 0 radical (unpaired) electrons. The molecule has 4 nitrogen and oxygen atoms in total. The second-order valence-electron chi connectivity index (χ2n) is 4.89. The fourth-order valence-electron chi connectivity index (χ4n) is 2.12. The first-order chi connectivity index (χ1) is 10.7. The van der Waals surface area contributed by atoms with E-state index in [4.69, 9.17) is 10.5 Å². The molecule has 1 amide bonds. The molecule has 0 heterocycles. The SMILES string of the molecule is NCCC(NC(=O)OCc1ccccc1)c1cccc(Br)c1. The van der Waals surface area contributed by atoms with Crippen LogP contribution in [0.15, 0.2) is 59.1 Å². The molecule has 0 aliphatic heterocycles. The van der Waals surface area contributed by atoms with Crippen LogP contribution in [0, 0.1) is 0 Å². The Labute approximate surface area is 138 Å². The van der Waals surface area contributed by atoms with Crippen molar-refractivity contribution in [1.82, 2.24) is 5.32 Å². The van der Waals surface area contributed by atoms with E-state index >= 15 is 0 Å². The van der Waals surface area contributed by atoms with E-state index in [1.165, 1.54) is 0 Å². The van der Waals surface area contributed by atoms with Crippen LogP contribution in [-0.2, 0) is 11.3 Å². The van der Waals surface area contributed by atoms with Gasteiger partial charge in [0.15, 0.2) is 0 Å². The van der Waals surface area contributed by atoms with E-state index in [9.17, 15) is 4.79 Å². The fourth-order valence-corrected chi connectivity index (χ4v) is 2.54. The van der Waals surface area contributed by atoms with Gasteiger partial charge in [0.05, 0.1) is 6.04 Å². The molecule has 0 aromatic heterocycles. The van der Waals surface area contributed by atoms with Gasteiger partial charge in [0, 0.05) is 4.47 Å². The fraction of sp³-hybridized carbons (Fsp3) is 0.235. The van der Waals surface area contributed by atoms with Gasteiger partial charge >= 0.3 is 6.09 Å². The van der Waals surface area contributed by atoms with Crippen molar-refractivity contribution in [1.29, 1.82) is 0 Å². The molecule has 0 saturated carbocycles. The number of carbonyl (C=O) groups is 1. The molecule has 1 unspecified atom stereocenters. The molecule has 22 heavy (non-hydrogen) atoms. The summed E-state index contributed by atoms with van der Waals surface area (Å²) in [6, 6.07) is 17.2. The van der Waals surface area contributed by atoms with Crippen molar-refractivity contribution in [2.24, 2.45) is 5.73 Å². The minimum atomic E-state index is -0.442. The summed E-state index contributed by atoms with van der Waals surface area (Å²) in [6.07, 6.45) is 0.207. The molecule has 0 aliphatic carbocycles. The first-order valence-corrected chi connectivity index (χ1v) is 7.91. The van der Waals surface area contributed by atoms with Crippen LogP contribution < -0.4 is 11.1 Å². The van der Waals surface area contributed by atoms with Gasteiger partial charge in [0.1, 0.15) is 6.61 Å². The van der Waals surface area contributed by atoms with Crippen molar-refractivity contribution < 1.29 is 9.53 Å². The number of halogens is 1. The van der Waals surface area contributed by atoms with E-state index in [0.717, 1.165) is 15.6 Å². The molecule has 0 spiro atoms. The standard InChI is InChI=1S/C17H19BrN2O2/c18-15-8-4-7-14(11-15)16(9-10-19)20-17(21)22-12-13-5-2-1-3-6-13/h1-8,11,16H,9-10,12,19H2,(H,20,21). The zero-order valence-electron chi connectivity index (χ0n) is 12.2. The number of carbonyl (C=O) groups excluding carboxylic acids is 1. The molecule has 0 bridgehead atoms. The molecule has 2 aromatic carbocycles. The van der Waals surface area contributed by atoms with E-state index < -0.39 is 6.09 Å². The highest BCUT2D eigenvalue weighted by molar-refractivity contribution is 9.10. The number of hydrogen-bond acceptors (Lipinski definition) is 3. The van der Waals surface area contributed by atoms with Crippen LogP contribution in [0.3, 0.4) is 0 Å². The number of alkyl carbamates (subject to hydrolysis) is 1. The minimum Gasteiger partial charge on any atom is -0.445 e. The van der Waals surface area contributed by atoms with Gasteiger partial charge in [-0.25, -0.2) is 4.79 Å². The van der Waals surface area contributed by atoms with Crippen LogP contribution in [0.25, 0.3) is 0 Å². The molecule has 0 aliphatic rings. The van der Waals surface area contributed by atoms with E-state index in [-0.39, 0.29) is 12.6 Å². The second kappa shape index (κ2) is 8.56. The Bertz CT molecular complexity index is 605. The van der Waals surface area contributed by atoms with Crippen molar-refractivity contribution in [3.05, 3.63) is 70.2 Å². The Kier molecular flexibility index (Phi) is 6.43. The number of benzene rings is 2. The number of ether oxygens (including phenoxy) is 1. The molecular weight excluding hydrogens is 344 g/mol. The molecular formula is C17H19BrN2O2. The van der Waals surface area contributed by atoms with E-state index in [0.29, 0.717) is 13.0 Å². The Morgan fingerprint density at radius 2 is 1.95 bits per heavy atom. The lowest BCUT2D eigenvalue weighted by Crippen LogP contribution is -2.30. The maximum atomic E-state index is 12.0. The third kappa shape index (κ3) is 5.16. The predicted octanol–water partition coefficient (Wildman–Crippen LogP) is 3.77. The Balaban J connectivity index is 1.94. The lowest BCUT2D eigenvalue weighted by molar-refractivity contribution is 0.135. The van der Waals surface area contributed by atoms with Gasteiger partial charge in [-0.3, -0.25) is 0 Å². The highest BCUT2D eigenvalue weighted by Crippen LogP contribution is 2.20. The molecule has 0 fully saturated rings. The molecule has 116 valence electrons. The summed E-state index contributed by atoms with van der Waals surface area (Å²) < 4.78 is 6.22. The molecule has 5 heteroatoms. The van der Waals surface area contributed by atoms with Gasteiger partial charge in [-0.1, -0.05) is 58.4 Å². The van der Waals surface area contributed by atoms with E-state index in [2.05, 4.69) is 21.2 Å². The van der Waals surface area contributed by atoms with Crippen molar-refractivity contribution in [3.8, 4) is 0 Å². The Morgan fingerprint density at radius 1 is 1.18 bits per heavy atom. The monoisotopic (exact) mass is 362 g/mol. The summed E-state index contributed by atoms with van der Waals surface area (Å²) in [6.45, 7) is 0.733. The summed E-state index contributed by atoms with van der Waals surface area (Å²) >= 11 is 3.43. The number of nitrogens with one attached hydrogen (secondary N) is 1. The van der Waals surface area contributed by atoms with Gasteiger partial charge in [0.2, 0.25) is 0 Å². The summed E-state index contributed by atoms with van der Waals surface area (Å²) in [5.41, 5.74) is 7.59. The molecule has 1 atom stereocenters. The molecule has 2 rings (SSSR count). The summed E-state index contributed by atoms with van der Waals surface area (Å²) in [5.74, 6) is 0. The van der Waals surface area contributed by atoms with Crippen LogP contribution >= 0.6 is 15.9 Å². The van der Waals surface area contributed by atoms with Crippen LogP contribution in [0.2, 0.25) is 0 Å². The van der Waals surface area contributed by atoms with Gasteiger partial charge in [-0.2, -0.15) is 0 Å². The summed E-state index contributed by atoms with van der Waals surface area (Å²) in [5, 5.41) is 2.87. The van der Waals surface area contributed by atoms with Gasteiger partial charge in [0.25, 0.3) is 0 Å². The topological polar surface area (TPSA) is 64.3 Å². The average molecular weight is 363 g/mol. The summed E-state index contributed by atoms with van der Waals surface area (Å²) in [7, 11) is 0. The van der Waals surface area contributed by atoms with E-state index in [1.807, 2.05) is 54.6 Å². The van der Waals surface area contributed by atoms with Crippen LogP contribution in [0.4, 0.5) is 4.79 Å². The normalized spacial score (nSPS) is 11.7. The van der Waals surface area contributed by atoms with E-state index in [1.54, 1.807) is 0 Å². The van der Waals surface area contributed by atoms with Crippen LogP contribution in [0.1, 0.15) is 23.6 Å². The highest BCUT2D eigenvalue weighted by atomic mass is 79.9. The zero-order valence-corrected chi connectivity index (χ0v) is 13.8. The quantitative estimate of drug-likeness (QED) is 0.821. The predicted molar refractivity (Wildman–Crippen MR) is 90.3 cm³/mol. The van der Waals surface area contributed by atoms with Crippen molar-refractivity contribution in [3.63, 3.8) is 0 Å². The number of amides is 1. The maximum absolute atomic E-state index is 12.0. The third-order valence-corrected chi connectivity index (χ3v) is 3.70. The highest BCUT2D eigenvalue weighted by Gasteiger charge is 2.15. The molecule has 0 saturated heterocycles. The van der Waals surface area contributed by atoms with Crippen LogP contribution in [-0.4, -0.2) is 12.6 Å². The second-order valence-corrected chi connectivity index (χ2v) is 5.81. The van der Waals surface area contributed by atoms with Crippen molar-refractivity contribution in [2.75, 3.05) is 6.54 Å². The van der Waals surface area contributed by atoms with Gasteiger partial charge in [-0.15, -0.1) is 0 Å². The maximum Gasteiger partial charge on any atom is 0.407 e. The van der Waals surface area contributed by atoms with Gasteiger partial charge in [-0.05, 0) is 36.2 Å². The average Bonchev–Trinajstić information content (AvgIpc) is 2.53. The van der Waals surface area contributed by atoms with Crippen molar-refractivity contribution in [2.45, 2.75) is 19.1 Å². The van der Waals surface area contributed by atoms with Gasteiger partial charge < -0.3 is 15.8 Å². The van der Waals surface area contributed by atoms with Crippen LogP contribution in [0.5, 0.6) is 0 Å². The Hall–Kier alpha value is -1.85. The molecule has 3 N–H and O–H groups in total. The van der Waals surface area contributed by atoms with Crippen molar-refractivity contribution >= 4 is 22.0 Å².